The van der Waals surface area contributed by atoms with Crippen LogP contribution in [0.2, 0.25) is 0 Å². The van der Waals surface area contributed by atoms with Crippen molar-refractivity contribution in [1.29, 1.82) is 0 Å². The van der Waals surface area contributed by atoms with Gasteiger partial charge in [-0.15, -0.1) is 0 Å². The van der Waals surface area contributed by atoms with Crippen LogP contribution in [0.1, 0.15) is 34.5 Å². The van der Waals surface area contributed by atoms with Gasteiger partial charge in [0.05, 0.1) is 11.0 Å². The highest BCUT2D eigenvalue weighted by Gasteiger charge is 2.16. The molecule has 1 atom stereocenters. The molecule has 1 amide bonds. The van der Waals surface area contributed by atoms with E-state index in [9.17, 15) is 14.9 Å². The molecule has 0 fully saturated rings. The topological polar surface area (TPSA) is 72.2 Å². The van der Waals surface area contributed by atoms with Crippen LogP contribution in [0, 0.1) is 17.0 Å². The van der Waals surface area contributed by atoms with Gasteiger partial charge in [-0.2, -0.15) is 0 Å². The number of carbonyl (C=O) groups excluding carboxylic acids is 1. The van der Waals surface area contributed by atoms with E-state index >= 15 is 0 Å². The Balaban J connectivity index is 1.79. The van der Waals surface area contributed by atoms with E-state index in [2.05, 4.69) is 11.4 Å². The summed E-state index contributed by atoms with van der Waals surface area (Å²) in [5.74, 6) is -0.251. The Morgan fingerprint density at radius 1 is 1.04 bits per heavy atom. The first-order chi connectivity index (χ1) is 12.0. The third-order valence-electron chi connectivity index (χ3n) is 4.28. The molecular formula is C20H18N2O3. The maximum atomic E-state index is 12.4. The number of carbonyl (C=O) groups is 1. The van der Waals surface area contributed by atoms with Crippen LogP contribution in [0.3, 0.4) is 0 Å². The fourth-order valence-electron chi connectivity index (χ4n) is 2.84. The van der Waals surface area contributed by atoms with Crippen molar-refractivity contribution >= 4 is 22.4 Å². The van der Waals surface area contributed by atoms with Crippen molar-refractivity contribution in [3.05, 3.63) is 87.5 Å². The van der Waals surface area contributed by atoms with Crippen molar-refractivity contribution in [1.82, 2.24) is 5.32 Å². The monoisotopic (exact) mass is 334 g/mol. The Morgan fingerprint density at radius 2 is 1.76 bits per heavy atom. The van der Waals surface area contributed by atoms with Crippen molar-refractivity contribution in [2.24, 2.45) is 0 Å². The van der Waals surface area contributed by atoms with Gasteiger partial charge < -0.3 is 5.32 Å². The molecule has 0 saturated heterocycles. The maximum absolute atomic E-state index is 12.4. The number of rotatable bonds is 4. The number of amides is 1. The molecule has 0 radical (unpaired) electrons. The van der Waals surface area contributed by atoms with Crippen molar-refractivity contribution in [2.45, 2.75) is 19.9 Å². The molecule has 3 rings (SSSR count). The number of nitro benzene ring substituents is 1. The number of nitrogens with one attached hydrogen (secondary N) is 1. The van der Waals surface area contributed by atoms with E-state index in [4.69, 9.17) is 0 Å². The Morgan fingerprint density at radius 3 is 2.44 bits per heavy atom. The van der Waals surface area contributed by atoms with Crippen molar-refractivity contribution < 1.29 is 9.72 Å². The predicted molar refractivity (Wildman–Crippen MR) is 97.7 cm³/mol. The Bertz CT molecular complexity index is 966. The number of nitrogens with zero attached hydrogens (tertiary/aromatic N) is 1. The summed E-state index contributed by atoms with van der Waals surface area (Å²) >= 11 is 0. The second-order valence-corrected chi connectivity index (χ2v) is 6.06. The fourth-order valence-corrected chi connectivity index (χ4v) is 2.84. The van der Waals surface area contributed by atoms with Crippen LogP contribution >= 0.6 is 0 Å². The second-order valence-electron chi connectivity index (χ2n) is 6.06. The van der Waals surface area contributed by atoms with Crippen molar-refractivity contribution in [3.63, 3.8) is 0 Å². The van der Waals surface area contributed by atoms with E-state index in [1.54, 1.807) is 13.0 Å². The van der Waals surface area contributed by atoms with Gasteiger partial charge in [-0.3, -0.25) is 14.9 Å². The van der Waals surface area contributed by atoms with Crippen LogP contribution < -0.4 is 5.32 Å². The predicted octanol–water partition coefficient (Wildman–Crippen LogP) is 4.55. The third-order valence-corrected chi connectivity index (χ3v) is 4.28. The molecule has 1 N–H and O–H groups in total. The average molecular weight is 334 g/mol. The Hall–Kier alpha value is -3.21. The minimum absolute atomic E-state index is 0.0131. The van der Waals surface area contributed by atoms with Crippen LogP contribution in [-0.2, 0) is 0 Å². The minimum Gasteiger partial charge on any atom is -0.346 e. The summed E-state index contributed by atoms with van der Waals surface area (Å²) in [4.78, 5) is 22.9. The highest BCUT2D eigenvalue weighted by molar-refractivity contribution is 5.95. The summed E-state index contributed by atoms with van der Waals surface area (Å²) in [6, 6.07) is 18.3. The summed E-state index contributed by atoms with van der Waals surface area (Å²) in [6.45, 7) is 3.54. The normalized spacial score (nSPS) is 11.9. The molecule has 0 bridgehead atoms. The lowest BCUT2D eigenvalue weighted by atomic mass is 10.0. The molecule has 1 unspecified atom stereocenters. The van der Waals surface area contributed by atoms with Crippen LogP contribution in [0.25, 0.3) is 10.8 Å². The van der Waals surface area contributed by atoms with Gasteiger partial charge in [-0.25, -0.2) is 0 Å². The summed E-state index contributed by atoms with van der Waals surface area (Å²) in [6.07, 6.45) is 0. The summed E-state index contributed by atoms with van der Waals surface area (Å²) < 4.78 is 0. The lowest BCUT2D eigenvalue weighted by Gasteiger charge is -2.15. The Labute approximate surface area is 145 Å². The molecule has 3 aromatic carbocycles. The van der Waals surface area contributed by atoms with E-state index in [1.807, 2.05) is 43.3 Å². The summed E-state index contributed by atoms with van der Waals surface area (Å²) in [5.41, 5.74) is 1.90. The number of benzene rings is 3. The maximum Gasteiger partial charge on any atom is 0.272 e. The van der Waals surface area contributed by atoms with Gasteiger partial charge in [-0.1, -0.05) is 36.4 Å². The standard InChI is InChI=1S/C20H18N2O3/c1-13-11-18(9-10-19(13)22(24)25)20(23)21-14(2)16-8-7-15-5-3-4-6-17(15)12-16/h3-12,14H,1-2H3,(H,21,23). The average Bonchev–Trinajstić information content (AvgIpc) is 2.60. The molecular weight excluding hydrogens is 316 g/mol. The lowest BCUT2D eigenvalue weighted by molar-refractivity contribution is -0.385. The number of aryl methyl sites for hydroxylation is 1. The van der Waals surface area contributed by atoms with Gasteiger partial charge in [0.2, 0.25) is 0 Å². The van der Waals surface area contributed by atoms with E-state index < -0.39 is 4.92 Å². The van der Waals surface area contributed by atoms with Crippen LogP contribution in [-0.4, -0.2) is 10.8 Å². The van der Waals surface area contributed by atoms with Crippen LogP contribution in [0.4, 0.5) is 5.69 Å². The molecule has 126 valence electrons. The molecule has 0 aliphatic rings. The van der Waals surface area contributed by atoms with E-state index in [0.717, 1.165) is 16.3 Å². The highest BCUT2D eigenvalue weighted by atomic mass is 16.6. The van der Waals surface area contributed by atoms with Crippen molar-refractivity contribution in [3.8, 4) is 0 Å². The van der Waals surface area contributed by atoms with Gasteiger partial charge in [0.1, 0.15) is 0 Å². The molecule has 0 spiro atoms. The van der Waals surface area contributed by atoms with E-state index in [0.29, 0.717) is 11.1 Å². The van der Waals surface area contributed by atoms with Gasteiger partial charge >= 0.3 is 0 Å². The number of fused-ring (bicyclic) bond motifs is 1. The minimum atomic E-state index is -0.450. The molecule has 25 heavy (non-hydrogen) atoms. The van der Waals surface area contributed by atoms with Crippen LogP contribution in [0.5, 0.6) is 0 Å². The zero-order valence-electron chi connectivity index (χ0n) is 14.0. The summed E-state index contributed by atoms with van der Waals surface area (Å²) in [5, 5.41) is 16.1. The molecule has 0 aliphatic carbocycles. The first-order valence-corrected chi connectivity index (χ1v) is 8.00. The zero-order chi connectivity index (χ0) is 18.0. The van der Waals surface area contributed by atoms with Crippen LogP contribution in [0.15, 0.2) is 60.7 Å². The Kier molecular flexibility index (Phi) is 4.48. The van der Waals surface area contributed by atoms with Crippen molar-refractivity contribution in [2.75, 3.05) is 0 Å². The largest absolute Gasteiger partial charge is 0.346 e. The molecule has 0 saturated carbocycles. The first kappa shape index (κ1) is 16.6. The first-order valence-electron chi connectivity index (χ1n) is 8.00. The SMILES string of the molecule is Cc1cc(C(=O)NC(C)c2ccc3ccccc3c2)ccc1[N+](=O)[O-]. The van der Waals surface area contributed by atoms with Gasteiger partial charge in [-0.05, 0) is 48.4 Å². The molecule has 0 aliphatic heterocycles. The second kappa shape index (κ2) is 6.73. The van der Waals surface area contributed by atoms with Gasteiger partial charge in [0.25, 0.3) is 11.6 Å². The molecule has 0 heterocycles. The number of nitro groups is 1. The number of hydrogen-bond donors (Lipinski definition) is 1. The van der Waals surface area contributed by atoms with Gasteiger partial charge in [0, 0.05) is 17.2 Å². The molecule has 3 aromatic rings. The number of hydrogen-bond acceptors (Lipinski definition) is 3. The molecule has 5 heteroatoms. The molecule has 0 aromatic heterocycles. The quantitative estimate of drug-likeness (QED) is 0.562. The molecule has 5 nitrogen and oxygen atoms in total. The summed E-state index contributed by atoms with van der Waals surface area (Å²) in [7, 11) is 0. The lowest BCUT2D eigenvalue weighted by Crippen LogP contribution is -2.26. The van der Waals surface area contributed by atoms with E-state index in [-0.39, 0.29) is 17.6 Å². The smallest absolute Gasteiger partial charge is 0.272 e. The fraction of sp³-hybridized carbons (Fsp3) is 0.150. The highest BCUT2D eigenvalue weighted by Crippen LogP contribution is 2.22. The van der Waals surface area contributed by atoms with E-state index in [1.165, 1.54) is 12.1 Å². The van der Waals surface area contributed by atoms with Gasteiger partial charge in [0.15, 0.2) is 0 Å². The zero-order valence-corrected chi connectivity index (χ0v) is 14.0. The third kappa shape index (κ3) is 3.50.